The van der Waals surface area contributed by atoms with Crippen LogP contribution in [0.1, 0.15) is 16.7 Å². The Labute approximate surface area is 129 Å². The van der Waals surface area contributed by atoms with Gasteiger partial charge in [-0.1, -0.05) is 29.8 Å². The maximum absolute atomic E-state index is 11.8. The molecule has 4 heteroatoms. The second-order valence-electron chi connectivity index (χ2n) is 4.72. The van der Waals surface area contributed by atoms with Crippen molar-refractivity contribution in [1.82, 2.24) is 0 Å². The molecule has 2 aromatic carbocycles. The first-order chi connectivity index (χ1) is 10.2. The number of carbonyl (C=O) groups excluding carboxylic acids is 1. The Morgan fingerprint density at radius 1 is 1.14 bits per heavy atom. The molecule has 0 saturated carbocycles. The zero-order chi connectivity index (χ0) is 15.1. The van der Waals surface area contributed by atoms with Crippen molar-refractivity contribution in [3.63, 3.8) is 0 Å². The topological polar surface area (TPSA) is 52.9 Å². The summed E-state index contributed by atoms with van der Waals surface area (Å²) in [7, 11) is 0. The van der Waals surface area contributed by atoms with E-state index in [2.05, 4.69) is 11.4 Å². The summed E-state index contributed by atoms with van der Waals surface area (Å²) in [5, 5.41) is 11.6. The van der Waals surface area contributed by atoms with Crippen molar-refractivity contribution in [2.75, 3.05) is 11.1 Å². The van der Waals surface area contributed by atoms with Crippen LogP contribution < -0.4 is 5.32 Å². The number of aryl methyl sites for hydroxylation is 1. The van der Waals surface area contributed by atoms with E-state index in [0.29, 0.717) is 11.3 Å². The third-order valence-corrected chi connectivity index (χ3v) is 3.92. The molecule has 0 radical (unpaired) electrons. The molecule has 2 rings (SSSR count). The standard InChI is InChI=1S/C17H16N2OS/c1-13-2-8-16(9-3-13)19-17(20)12-21-11-15-6-4-14(10-18)5-7-15/h2-9H,11-12H2,1H3,(H,19,20). The van der Waals surface area contributed by atoms with Crippen molar-refractivity contribution in [2.45, 2.75) is 12.7 Å². The van der Waals surface area contributed by atoms with Gasteiger partial charge in [0.2, 0.25) is 5.91 Å². The molecule has 0 aliphatic carbocycles. The summed E-state index contributed by atoms with van der Waals surface area (Å²) in [6.45, 7) is 2.01. The van der Waals surface area contributed by atoms with Gasteiger partial charge < -0.3 is 5.32 Å². The quantitative estimate of drug-likeness (QED) is 0.914. The smallest absolute Gasteiger partial charge is 0.234 e. The lowest BCUT2D eigenvalue weighted by Crippen LogP contribution is -2.14. The Morgan fingerprint density at radius 3 is 2.43 bits per heavy atom. The lowest BCUT2D eigenvalue weighted by molar-refractivity contribution is -0.113. The van der Waals surface area contributed by atoms with Gasteiger partial charge in [-0.15, -0.1) is 11.8 Å². The molecular formula is C17H16N2OS. The number of amides is 1. The Kier molecular flexibility index (Phi) is 5.42. The number of benzene rings is 2. The van der Waals surface area contributed by atoms with Crippen LogP contribution in [0.15, 0.2) is 48.5 Å². The first-order valence-electron chi connectivity index (χ1n) is 6.60. The van der Waals surface area contributed by atoms with Gasteiger partial charge in [-0.25, -0.2) is 0 Å². The average Bonchev–Trinajstić information content (AvgIpc) is 2.50. The summed E-state index contributed by atoms with van der Waals surface area (Å²) in [4.78, 5) is 11.8. The second-order valence-corrected chi connectivity index (χ2v) is 5.70. The van der Waals surface area contributed by atoms with E-state index in [1.54, 1.807) is 23.9 Å². The van der Waals surface area contributed by atoms with Crippen LogP contribution in [0.4, 0.5) is 5.69 Å². The molecule has 0 unspecified atom stereocenters. The highest BCUT2D eigenvalue weighted by Crippen LogP contribution is 2.14. The normalized spacial score (nSPS) is 9.90. The van der Waals surface area contributed by atoms with Gasteiger partial charge in [0.1, 0.15) is 0 Å². The van der Waals surface area contributed by atoms with Crippen LogP contribution in [0.5, 0.6) is 0 Å². The third-order valence-electron chi connectivity index (χ3n) is 2.92. The summed E-state index contributed by atoms with van der Waals surface area (Å²) in [5.74, 6) is 1.17. The molecule has 0 bridgehead atoms. The van der Waals surface area contributed by atoms with E-state index in [0.717, 1.165) is 17.0 Å². The van der Waals surface area contributed by atoms with Crippen molar-refractivity contribution >= 4 is 23.4 Å². The minimum atomic E-state index is -0.00232. The van der Waals surface area contributed by atoms with Gasteiger partial charge in [0.25, 0.3) is 0 Å². The number of nitriles is 1. The molecule has 2 aromatic rings. The van der Waals surface area contributed by atoms with Gasteiger partial charge in [0, 0.05) is 11.4 Å². The zero-order valence-electron chi connectivity index (χ0n) is 11.8. The van der Waals surface area contributed by atoms with Gasteiger partial charge in [0.15, 0.2) is 0 Å². The van der Waals surface area contributed by atoms with Gasteiger partial charge >= 0.3 is 0 Å². The molecule has 0 spiro atoms. The fourth-order valence-electron chi connectivity index (χ4n) is 1.77. The minimum Gasteiger partial charge on any atom is -0.325 e. The van der Waals surface area contributed by atoms with Crippen molar-refractivity contribution < 1.29 is 4.79 Å². The predicted octanol–water partition coefficient (Wildman–Crippen LogP) is 3.74. The molecule has 1 N–H and O–H groups in total. The Bertz CT molecular complexity index is 642. The van der Waals surface area contributed by atoms with E-state index in [1.165, 1.54) is 5.56 Å². The van der Waals surface area contributed by atoms with E-state index >= 15 is 0 Å². The first kappa shape index (κ1) is 15.1. The van der Waals surface area contributed by atoms with Crippen molar-refractivity contribution in [1.29, 1.82) is 5.26 Å². The molecule has 0 aliphatic rings. The molecule has 21 heavy (non-hydrogen) atoms. The molecule has 0 fully saturated rings. The Hall–Kier alpha value is -2.25. The van der Waals surface area contributed by atoms with Crippen LogP contribution in [0.25, 0.3) is 0 Å². The zero-order valence-corrected chi connectivity index (χ0v) is 12.6. The molecule has 0 aromatic heterocycles. The Morgan fingerprint density at radius 2 is 1.81 bits per heavy atom. The average molecular weight is 296 g/mol. The van der Waals surface area contributed by atoms with Gasteiger partial charge in [-0.05, 0) is 36.8 Å². The SMILES string of the molecule is Cc1ccc(NC(=O)CSCc2ccc(C#N)cc2)cc1. The van der Waals surface area contributed by atoms with Crippen LogP contribution in [-0.2, 0) is 10.5 Å². The number of thioether (sulfide) groups is 1. The highest BCUT2D eigenvalue weighted by molar-refractivity contribution is 7.99. The number of hydrogen-bond acceptors (Lipinski definition) is 3. The lowest BCUT2D eigenvalue weighted by atomic mass is 10.2. The molecule has 0 saturated heterocycles. The molecule has 3 nitrogen and oxygen atoms in total. The summed E-state index contributed by atoms with van der Waals surface area (Å²) < 4.78 is 0. The maximum Gasteiger partial charge on any atom is 0.234 e. The first-order valence-corrected chi connectivity index (χ1v) is 7.76. The van der Waals surface area contributed by atoms with Crippen LogP contribution in [0, 0.1) is 18.3 Å². The molecule has 1 amide bonds. The number of nitrogens with zero attached hydrogens (tertiary/aromatic N) is 1. The number of nitrogens with one attached hydrogen (secondary N) is 1. The number of carbonyl (C=O) groups is 1. The fraction of sp³-hybridized carbons (Fsp3) is 0.176. The highest BCUT2D eigenvalue weighted by atomic mass is 32.2. The predicted molar refractivity (Wildman–Crippen MR) is 87.1 cm³/mol. The van der Waals surface area contributed by atoms with Crippen molar-refractivity contribution in [3.05, 3.63) is 65.2 Å². The number of hydrogen-bond donors (Lipinski definition) is 1. The van der Waals surface area contributed by atoms with Gasteiger partial charge in [-0.3, -0.25) is 4.79 Å². The second kappa shape index (κ2) is 7.51. The summed E-state index contributed by atoms with van der Waals surface area (Å²) in [5.41, 5.74) is 3.76. The van der Waals surface area contributed by atoms with Crippen molar-refractivity contribution in [3.8, 4) is 6.07 Å². The van der Waals surface area contributed by atoms with E-state index in [-0.39, 0.29) is 5.91 Å². The fourth-order valence-corrected chi connectivity index (χ4v) is 2.56. The van der Waals surface area contributed by atoms with E-state index < -0.39 is 0 Å². The van der Waals surface area contributed by atoms with Crippen molar-refractivity contribution in [2.24, 2.45) is 0 Å². The molecule has 0 aliphatic heterocycles. The number of rotatable bonds is 5. The van der Waals surface area contributed by atoms with Gasteiger partial charge in [-0.2, -0.15) is 5.26 Å². The highest BCUT2D eigenvalue weighted by Gasteiger charge is 2.03. The number of anilines is 1. The van der Waals surface area contributed by atoms with E-state index in [9.17, 15) is 4.79 Å². The monoisotopic (exact) mass is 296 g/mol. The van der Waals surface area contributed by atoms with E-state index in [1.807, 2.05) is 43.3 Å². The van der Waals surface area contributed by atoms with Crippen LogP contribution in [-0.4, -0.2) is 11.7 Å². The molecule has 0 atom stereocenters. The maximum atomic E-state index is 11.8. The minimum absolute atomic E-state index is 0.00232. The van der Waals surface area contributed by atoms with Crippen LogP contribution in [0.2, 0.25) is 0 Å². The summed E-state index contributed by atoms with van der Waals surface area (Å²) >= 11 is 1.56. The van der Waals surface area contributed by atoms with Gasteiger partial charge in [0.05, 0.1) is 17.4 Å². The van der Waals surface area contributed by atoms with E-state index in [4.69, 9.17) is 5.26 Å². The molecule has 0 heterocycles. The largest absolute Gasteiger partial charge is 0.325 e. The third kappa shape index (κ3) is 4.97. The molecule has 106 valence electrons. The Balaban J connectivity index is 1.76. The van der Waals surface area contributed by atoms with Crippen LogP contribution >= 0.6 is 11.8 Å². The summed E-state index contributed by atoms with van der Waals surface area (Å²) in [6, 6.07) is 17.3. The van der Waals surface area contributed by atoms with Crippen LogP contribution in [0.3, 0.4) is 0 Å². The lowest BCUT2D eigenvalue weighted by Gasteiger charge is -2.05. The summed E-state index contributed by atoms with van der Waals surface area (Å²) in [6.07, 6.45) is 0. The molecular weight excluding hydrogens is 280 g/mol.